The van der Waals surface area contributed by atoms with Gasteiger partial charge in [-0.25, -0.2) is 0 Å². The van der Waals surface area contributed by atoms with Crippen LogP contribution in [0.3, 0.4) is 0 Å². The third-order valence-electron chi connectivity index (χ3n) is 9.24. The lowest BCUT2D eigenvalue weighted by atomic mass is 9.53. The average Bonchev–Trinajstić information content (AvgIpc) is 2.68. The first kappa shape index (κ1) is 17.5. The van der Waals surface area contributed by atoms with E-state index < -0.39 is 0 Å². The van der Waals surface area contributed by atoms with E-state index in [9.17, 15) is 4.79 Å². The van der Waals surface area contributed by atoms with Gasteiger partial charge in [0.25, 0.3) is 0 Å². The van der Waals surface area contributed by atoms with Crippen molar-refractivity contribution >= 4 is 5.91 Å². The quantitative estimate of drug-likeness (QED) is 0.731. The van der Waals surface area contributed by atoms with Crippen molar-refractivity contribution in [1.82, 2.24) is 9.80 Å². The number of hydrogen-bond donors (Lipinski definition) is 0. The van der Waals surface area contributed by atoms with Gasteiger partial charge in [-0.1, -0.05) is 24.3 Å². The molecule has 1 aromatic rings. The largest absolute Gasteiger partial charge is 0.338 e. The fourth-order valence-corrected chi connectivity index (χ4v) is 8.28. The number of amides is 1. The van der Waals surface area contributed by atoms with E-state index in [4.69, 9.17) is 0 Å². The maximum Gasteiger partial charge on any atom is 0.219 e. The lowest BCUT2D eigenvalue weighted by Crippen LogP contribution is -2.60. The van der Waals surface area contributed by atoms with Crippen molar-refractivity contribution < 1.29 is 4.79 Å². The van der Waals surface area contributed by atoms with E-state index in [0.717, 1.165) is 42.8 Å². The molecule has 0 radical (unpaired) electrons. The molecule has 4 aliphatic carbocycles. The normalized spacial score (nSPS) is 38.6. The number of hydrogen-bond acceptors (Lipinski definition) is 2. The van der Waals surface area contributed by atoms with Gasteiger partial charge in [0.1, 0.15) is 0 Å². The Labute approximate surface area is 169 Å². The Kier molecular flexibility index (Phi) is 3.95. The summed E-state index contributed by atoms with van der Waals surface area (Å²) in [5.74, 6) is 4.32. The molecule has 1 saturated heterocycles. The van der Waals surface area contributed by atoms with Gasteiger partial charge in [-0.2, -0.15) is 0 Å². The van der Waals surface area contributed by atoms with Crippen molar-refractivity contribution in [1.29, 1.82) is 0 Å². The van der Waals surface area contributed by atoms with Crippen LogP contribution in [0.1, 0.15) is 63.0 Å². The van der Waals surface area contributed by atoms with E-state index in [-0.39, 0.29) is 11.3 Å². The summed E-state index contributed by atoms with van der Waals surface area (Å²) in [5, 5.41) is 0. The second-order valence-electron chi connectivity index (χ2n) is 10.8. The molecule has 1 amide bonds. The van der Waals surface area contributed by atoms with Crippen LogP contribution in [0, 0.1) is 23.7 Å². The molecule has 28 heavy (non-hydrogen) atoms. The molecule has 2 heterocycles. The molecular formula is C25H34N2O. The summed E-state index contributed by atoms with van der Waals surface area (Å²) in [6, 6.07) is 9.81. The zero-order valence-electron chi connectivity index (χ0n) is 17.3. The molecule has 5 fully saturated rings. The molecule has 7 rings (SSSR count). The van der Waals surface area contributed by atoms with Crippen LogP contribution in [0.25, 0.3) is 0 Å². The molecule has 3 nitrogen and oxygen atoms in total. The molecule has 2 aliphatic heterocycles. The highest BCUT2D eigenvalue weighted by Gasteiger charge is 2.52. The Morgan fingerprint density at radius 2 is 1.61 bits per heavy atom. The van der Waals surface area contributed by atoms with Crippen molar-refractivity contribution in [2.24, 2.45) is 23.7 Å². The van der Waals surface area contributed by atoms with Crippen molar-refractivity contribution in [3.63, 3.8) is 0 Å². The van der Waals surface area contributed by atoms with Crippen LogP contribution in [0.15, 0.2) is 24.3 Å². The van der Waals surface area contributed by atoms with E-state index in [1.54, 1.807) is 13.3 Å². The highest BCUT2D eigenvalue weighted by Crippen LogP contribution is 2.56. The van der Waals surface area contributed by atoms with Gasteiger partial charge in [-0.3, -0.25) is 9.69 Å². The molecule has 1 spiro atoms. The fourth-order valence-electron chi connectivity index (χ4n) is 8.28. The van der Waals surface area contributed by atoms with Crippen molar-refractivity contribution in [3.8, 4) is 0 Å². The second kappa shape index (κ2) is 6.32. The van der Waals surface area contributed by atoms with Crippen LogP contribution in [0.2, 0.25) is 0 Å². The molecule has 3 heteroatoms. The number of nitrogens with zero attached hydrogens (tertiary/aromatic N) is 2. The van der Waals surface area contributed by atoms with E-state index in [0.29, 0.717) is 0 Å². The molecule has 0 aromatic heterocycles. The van der Waals surface area contributed by atoms with E-state index >= 15 is 0 Å². The standard InChI is InChI=1S/C25H34N2O/c1-17(28)27-15-20-4-2-3-5-23(20)25(16-27)6-8-26(9-7-25)24-21-11-18-10-19(13-21)14-22(24)12-18/h2-5,18-19,21-22,24H,6-16H2,1H3. The first-order valence-electron chi connectivity index (χ1n) is 11.7. The van der Waals surface area contributed by atoms with Crippen molar-refractivity contribution in [3.05, 3.63) is 35.4 Å². The molecule has 0 atom stereocenters. The Balaban J connectivity index is 1.24. The Morgan fingerprint density at radius 1 is 0.964 bits per heavy atom. The minimum atomic E-state index is 0.183. The van der Waals surface area contributed by atoms with Crippen LogP contribution < -0.4 is 0 Å². The molecule has 0 N–H and O–H groups in total. The molecule has 4 saturated carbocycles. The first-order chi connectivity index (χ1) is 13.6. The molecule has 0 unspecified atom stereocenters. The number of rotatable bonds is 1. The van der Waals surface area contributed by atoms with Crippen LogP contribution >= 0.6 is 0 Å². The highest BCUT2D eigenvalue weighted by atomic mass is 16.2. The summed E-state index contributed by atoms with van der Waals surface area (Å²) in [4.78, 5) is 17.2. The van der Waals surface area contributed by atoms with Gasteiger partial charge < -0.3 is 4.90 Å². The second-order valence-corrected chi connectivity index (χ2v) is 10.8. The lowest BCUT2D eigenvalue weighted by molar-refractivity contribution is -0.131. The summed E-state index contributed by atoms with van der Waals surface area (Å²) in [7, 11) is 0. The molecule has 4 bridgehead atoms. The number of benzene rings is 1. The van der Waals surface area contributed by atoms with Crippen LogP contribution in [-0.2, 0) is 16.8 Å². The number of carbonyl (C=O) groups excluding carboxylic acids is 1. The number of likely N-dealkylation sites (tertiary alicyclic amines) is 1. The summed E-state index contributed by atoms with van der Waals surface area (Å²) in [5.41, 5.74) is 3.10. The summed E-state index contributed by atoms with van der Waals surface area (Å²) >= 11 is 0. The van der Waals surface area contributed by atoms with Crippen molar-refractivity contribution in [2.75, 3.05) is 19.6 Å². The summed E-state index contributed by atoms with van der Waals surface area (Å²) in [6.45, 7) is 5.92. The molecule has 6 aliphatic rings. The third kappa shape index (κ3) is 2.61. The average molecular weight is 379 g/mol. The predicted octanol–water partition coefficient (Wildman–Crippen LogP) is 4.21. The van der Waals surface area contributed by atoms with E-state index in [1.807, 2.05) is 0 Å². The Hall–Kier alpha value is -1.35. The Morgan fingerprint density at radius 3 is 2.25 bits per heavy atom. The zero-order chi connectivity index (χ0) is 18.9. The predicted molar refractivity (Wildman–Crippen MR) is 111 cm³/mol. The zero-order valence-corrected chi connectivity index (χ0v) is 17.3. The van der Waals surface area contributed by atoms with Crippen molar-refractivity contribution in [2.45, 2.75) is 69.9 Å². The monoisotopic (exact) mass is 378 g/mol. The topological polar surface area (TPSA) is 23.6 Å². The van der Waals surface area contributed by atoms with Crippen LogP contribution in [0.4, 0.5) is 0 Å². The number of fused-ring (bicyclic) bond motifs is 2. The van der Waals surface area contributed by atoms with E-state index in [1.165, 1.54) is 62.7 Å². The highest BCUT2D eigenvalue weighted by molar-refractivity contribution is 5.74. The first-order valence-corrected chi connectivity index (χ1v) is 11.7. The van der Waals surface area contributed by atoms with Gasteiger partial charge in [0.15, 0.2) is 0 Å². The van der Waals surface area contributed by atoms with Crippen LogP contribution in [-0.4, -0.2) is 41.4 Å². The van der Waals surface area contributed by atoms with Crippen LogP contribution in [0.5, 0.6) is 0 Å². The van der Waals surface area contributed by atoms with Gasteiger partial charge >= 0.3 is 0 Å². The number of piperidine rings is 1. The molecule has 150 valence electrons. The summed E-state index contributed by atoms with van der Waals surface area (Å²) in [6.07, 6.45) is 10.0. The SMILES string of the molecule is CC(=O)N1Cc2ccccc2C2(CCN(C3C4CC5CC(C4)CC3C5)CC2)C1. The van der Waals surface area contributed by atoms with E-state index in [2.05, 4.69) is 34.1 Å². The molecule has 1 aromatic carbocycles. The van der Waals surface area contributed by atoms with Gasteiger partial charge in [-0.15, -0.1) is 0 Å². The smallest absolute Gasteiger partial charge is 0.219 e. The van der Waals surface area contributed by atoms with Gasteiger partial charge in [0.2, 0.25) is 5.91 Å². The number of carbonyl (C=O) groups is 1. The Bertz CT molecular complexity index is 751. The van der Waals surface area contributed by atoms with Gasteiger partial charge in [-0.05, 0) is 92.8 Å². The maximum absolute atomic E-state index is 12.2. The maximum atomic E-state index is 12.2. The lowest BCUT2D eigenvalue weighted by Gasteiger charge is -2.59. The third-order valence-corrected chi connectivity index (χ3v) is 9.24. The fraction of sp³-hybridized carbons (Fsp3) is 0.720. The van der Waals surface area contributed by atoms with Gasteiger partial charge in [0.05, 0.1) is 0 Å². The minimum Gasteiger partial charge on any atom is -0.338 e. The summed E-state index contributed by atoms with van der Waals surface area (Å²) < 4.78 is 0. The molecular weight excluding hydrogens is 344 g/mol. The minimum absolute atomic E-state index is 0.183. The van der Waals surface area contributed by atoms with Gasteiger partial charge in [0, 0.05) is 31.5 Å².